The number of nitrogens with zero attached hydrogens (tertiary/aromatic N) is 2. The van der Waals surface area contributed by atoms with Gasteiger partial charge in [-0.3, -0.25) is 4.79 Å². The van der Waals surface area contributed by atoms with Crippen LogP contribution >= 0.6 is 0 Å². The van der Waals surface area contributed by atoms with Gasteiger partial charge in [0.15, 0.2) is 0 Å². The largest absolute Gasteiger partial charge is 0.481 e. The minimum Gasteiger partial charge on any atom is -0.481 e. The second-order valence-corrected chi connectivity index (χ2v) is 5.12. The van der Waals surface area contributed by atoms with E-state index in [9.17, 15) is 22.8 Å². The lowest BCUT2D eigenvalue weighted by molar-refractivity contribution is -0.187. The van der Waals surface area contributed by atoms with E-state index in [2.05, 4.69) is 5.32 Å². The highest BCUT2D eigenvalue weighted by molar-refractivity contribution is 5.90. The van der Waals surface area contributed by atoms with E-state index in [0.29, 0.717) is 0 Å². The van der Waals surface area contributed by atoms with Gasteiger partial charge < -0.3 is 15.3 Å². The molecule has 1 saturated heterocycles. The highest BCUT2D eigenvalue weighted by atomic mass is 19.4. The van der Waals surface area contributed by atoms with E-state index in [4.69, 9.17) is 10.4 Å². The smallest absolute Gasteiger partial charge is 0.394 e. The van der Waals surface area contributed by atoms with Crippen LogP contribution in [0.15, 0.2) is 24.3 Å². The zero-order valence-corrected chi connectivity index (χ0v) is 11.7. The minimum absolute atomic E-state index is 0.247. The van der Waals surface area contributed by atoms with Gasteiger partial charge >= 0.3 is 18.2 Å². The quantitative estimate of drug-likeness (QED) is 0.871. The average Bonchev–Trinajstić information content (AvgIpc) is 2.93. The molecule has 1 aliphatic heterocycles. The number of amides is 2. The standard InChI is InChI=1S/C14H12F3N3O3/c15-14(16,17)11-7-20(6-10(11)12(21)22)13(23)19-9-3-1-2-8(4-9)5-18/h1-4,10-11H,6-7H2,(H,19,23)(H,21,22)/t10-,11-/m1/s1. The number of carboxylic acid groups (broad SMARTS) is 1. The molecule has 1 aliphatic rings. The van der Waals surface area contributed by atoms with Gasteiger partial charge in [-0.05, 0) is 18.2 Å². The molecule has 2 N–H and O–H groups in total. The molecular formula is C14H12F3N3O3. The van der Waals surface area contributed by atoms with Crippen molar-refractivity contribution in [2.75, 3.05) is 18.4 Å². The number of carbonyl (C=O) groups is 2. The first-order valence-electron chi connectivity index (χ1n) is 6.58. The van der Waals surface area contributed by atoms with Crippen LogP contribution in [0.25, 0.3) is 0 Å². The predicted octanol–water partition coefficient (Wildman–Crippen LogP) is 2.29. The van der Waals surface area contributed by atoms with Gasteiger partial charge in [-0.2, -0.15) is 18.4 Å². The lowest BCUT2D eigenvalue weighted by atomic mass is 9.96. The fourth-order valence-corrected chi connectivity index (χ4v) is 2.42. The SMILES string of the molecule is N#Cc1cccc(NC(=O)N2C[C@@H](C(F)(F)F)[C@H](C(=O)O)C2)c1. The lowest BCUT2D eigenvalue weighted by Gasteiger charge is -2.18. The van der Waals surface area contributed by atoms with E-state index in [1.54, 1.807) is 0 Å². The molecule has 1 heterocycles. The van der Waals surface area contributed by atoms with Crippen LogP contribution < -0.4 is 5.32 Å². The van der Waals surface area contributed by atoms with Gasteiger partial charge in [0, 0.05) is 18.8 Å². The van der Waals surface area contributed by atoms with Crippen molar-refractivity contribution >= 4 is 17.7 Å². The van der Waals surface area contributed by atoms with Crippen LogP contribution in [0.2, 0.25) is 0 Å². The van der Waals surface area contributed by atoms with Crippen LogP contribution in [0, 0.1) is 23.2 Å². The van der Waals surface area contributed by atoms with Crippen molar-refractivity contribution in [1.82, 2.24) is 4.90 Å². The average molecular weight is 327 g/mol. The number of carboxylic acids is 1. The van der Waals surface area contributed by atoms with Crippen LogP contribution in [0.4, 0.5) is 23.7 Å². The first-order valence-corrected chi connectivity index (χ1v) is 6.58. The van der Waals surface area contributed by atoms with Gasteiger partial charge in [-0.15, -0.1) is 0 Å². The zero-order valence-electron chi connectivity index (χ0n) is 11.7. The maximum Gasteiger partial charge on any atom is 0.394 e. The molecule has 122 valence electrons. The number of nitrogens with one attached hydrogen (secondary N) is 1. The van der Waals surface area contributed by atoms with Gasteiger partial charge in [0.25, 0.3) is 0 Å². The fourth-order valence-electron chi connectivity index (χ4n) is 2.42. The van der Waals surface area contributed by atoms with Crippen molar-refractivity contribution in [1.29, 1.82) is 5.26 Å². The zero-order chi connectivity index (χ0) is 17.2. The van der Waals surface area contributed by atoms with Crippen LogP contribution in [0.5, 0.6) is 0 Å². The molecule has 6 nitrogen and oxygen atoms in total. The first-order chi connectivity index (χ1) is 10.7. The molecule has 1 aromatic carbocycles. The highest BCUT2D eigenvalue weighted by Crippen LogP contribution is 2.37. The summed E-state index contributed by atoms with van der Waals surface area (Å²) in [6.45, 7) is -1.24. The molecule has 9 heteroatoms. The summed E-state index contributed by atoms with van der Waals surface area (Å²) in [7, 11) is 0. The Morgan fingerprint density at radius 2 is 2.04 bits per heavy atom. The summed E-state index contributed by atoms with van der Waals surface area (Å²) in [5.41, 5.74) is 0.525. The van der Waals surface area contributed by atoms with E-state index in [0.717, 1.165) is 4.90 Å². The molecule has 0 bridgehead atoms. The molecule has 0 saturated carbocycles. The lowest BCUT2D eigenvalue weighted by Crippen LogP contribution is -2.35. The third kappa shape index (κ3) is 3.71. The molecule has 2 amide bonds. The molecule has 0 spiro atoms. The first kappa shape index (κ1) is 16.6. The predicted molar refractivity (Wildman–Crippen MR) is 72.4 cm³/mol. The molecule has 0 aliphatic carbocycles. The molecule has 0 unspecified atom stereocenters. The van der Waals surface area contributed by atoms with Crippen molar-refractivity contribution in [2.24, 2.45) is 11.8 Å². The summed E-state index contributed by atoms with van der Waals surface area (Å²) in [6, 6.07) is 6.89. The minimum atomic E-state index is -4.70. The summed E-state index contributed by atoms with van der Waals surface area (Å²) >= 11 is 0. The van der Waals surface area contributed by atoms with Gasteiger partial charge in [0.1, 0.15) is 0 Å². The van der Waals surface area contributed by atoms with Crippen molar-refractivity contribution in [3.05, 3.63) is 29.8 Å². The number of carbonyl (C=O) groups excluding carboxylic acids is 1. The number of hydrogen-bond acceptors (Lipinski definition) is 3. The van der Waals surface area contributed by atoms with Crippen molar-refractivity contribution in [2.45, 2.75) is 6.18 Å². The molecule has 2 rings (SSSR count). The van der Waals surface area contributed by atoms with Gasteiger partial charge in [0.05, 0.1) is 23.5 Å². The van der Waals surface area contributed by atoms with Gasteiger partial charge in [-0.25, -0.2) is 4.79 Å². The van der Waals surface area contributed by atoms with E-state index < -0.39 is 43.1 Å². The molecule has 1 fully saturated rings. The Morgan fingerprint density at radius 3 is 2.57 bits per heavy atom. The van der Waals surface area contributed by atoms with Crippen molar-refractivity contribution < 1.29 is 27.9 Å². The summed E-state index contributed by atoms with van der Waals surface area (Å²) in [5.74, 6) is -5.38. The number of likely N-dealkylation sites (tertiary alicyclic amines) is 1. The number of hydrogen-bond donors (Lipinski definition) is 2. The summed E-state index contributed by atoms with van der Waals surface area (Å²) < 4.78 is 38.6. The Labute approximate surface area is 129 Å². The third-order valence-electron chi connectivity index (χ3n) is 3.59. The topological polar surface area (TPSA) is 93.4 Å². The van der Waals surface area contributed by atoms with Gasteiger partial charge in [0.2, 0.25) is 0 Å². The van der Waals surface area contributed by atoms with E-state index in [1.807, 2.05) is 6.07 Å². The summed E-state index contributed by atoms with van der Waals surface area (Å²) in [4.78, 5) is 23.8. The van der Waals surface area contributed by atoms with Crippen molar-refractivity contribution in [3.63, 3.8) is 0 Å². The monoisotopic (exact) mass is 327 g/mol. The fraction of sp³-hybridized carbons (Fsp3) is 0.357. The highest BCUT2D eigenvalue weighted by Gasteiger charge is 2.53. The van der Waals surface area contributed by atoms with Gasteiger partial charge in [-0.1, -0.05) is 6.07 Å². The van der Waals surface area contributed by atoms with E-state index in [1.165, 1.54) is 24.3 Å². The second kappa shape index (κ2) is 6.16. The number of aliphatic carboxylic acids is 1. The molecule has 1 aromatic rings. The normalized spacial score (nSPS) is 20.9. The number of anilines is 1. The molecule has 23 heavy (non-hydrogen) atoms. The Hall–Kier alpha value is -2.76. The molecule has 2 atom stereocenters. The number of halogens is 3. The Bertz CT molecular complexity index is 669. The van der Waals surface area contributed by atoms with E-state index in [-0.39, 0.29) is 11.3 Å². The Morgan fingerprint density at radius 1 is 1.35 bits per heavy atom. The van der Waals surface area contributed by atoms with Crippen LogP contribution in [-0.4, -0.2) is 41.3 Å². The number of benzene rings is 1. The number of urea groups is 1. The van der Waals surface area contributed by atoms with Crippen LogP contribution in [0.1, 0.15) is 5.56 Å². The van der Waals surface area contributed by atoms with Crippen LogP contribution in [0.3, 0.4) is 0 Å². The Balaban J connectivity index is 2.11. The number of nitriles is 1. The van der Waals surface area contributed by atoms with Crippen molar-refractivity contribution in [3.8, 4) is 6.07 Å². The third-order valence-corrected chi connectivity index (χ3v) is 3.59. The second-order valence-electron chi connectivity index (χ2n) is 5.12. The summed E-state index contributed by atoms with van der Waals surface area (Å²) in [5, 5.41) is 20.0. The Kier molecular flexibility index (Phi) is 4.45. The van der Waals surface area contributed by atoms with Crippen LogP contribution in [-0.2, 0) is 4.79 Å². The molecular weight excluding hydrogens is 315 g/mol. The maximum absolute atomic E-state index is 12.9. The molecule has 0 aromatic heterocycles. The maximum atomic E-state index is 12.9. The molecule has 0 radical (unpaired) electrons. The van der Waals surface area contributed by atoms with E-state index >= 15 is 0 Å². The number of alkyl halides is 3. The number of rotatable bonds is 2. The summed E-state index contributed by atoms with van der Waals surface area (Å²) in [6.07, 6.45) is -4.70.